The van der Waals surface area contributed by atoms with Crippen LogP contribution in [0.5, 0.6) is 0 Å². The maximum Gasteiger partial charge on any atom is 0.253 e. The van der Waals surface area contributed by atoms with Crippen molar-refractivity contribution in [1.29, 1.82) is 0 Å². The average Bonchev–Trinajstić information content (AvgIpc) is 3.57. The van der Waals surface area contributed by atoms with Crippen molar-refractivity contribution in [2.45, 2.75) is 11.8 Å². The molecule has 2 saturated heterocycles. The number of carbonyl (C=O) groups is 4. The fraction of sp³-hybridized carbons (Fsp3) is 0.200. The van der Waals surface area contributed by atoms with Gasteiger partial charge in [0.2, 0.25) is 11.8 Å². The predicted octanol–water partition coefficient (Wildman–Crippen LogP) is 1.65. The molecule has 2 aliphatic rings. The Morgan fingerprint density at radius 3 is 1.40 bits per heavy atom. The Labute approximate surface area is 230 Å². The molecule has 10 nitrogen and oxygen atoms in total. The lowest BCUT2D eigenvalue weighted by Crippen LogP contribution is -2.34. The lowest BCUT2D eigenvalue weighted by Gasteiger charge is -2.15. The minimum Gasteiger partial charge on any atom is -0.355 e. The Balaban J connectivity index is 1.22. The van der Waals surface area contributed by atoms with Crippen LogP contribution >= 0.6 is 0 Å². The number of rotatable bonds is 8. The van der Waals surface area contributed by atoms with E-state index in [0.29, 0.717) is 24.2 Å². The van der Waals surface area contributed by atoms with Gasteiger partial charge in [0.25, 0.3) is 11.8 Å². The summed E-state index contributed by atoms with van der Waals surface area (Å²) in [5.74, 6) is -4.02. The fourth-order valence-electron chi connectivity index (χ4n) is 5.08. The number of amides is 4. The molecule has 0 radical (unpaired) electrons. The molecule has 0 aromatic heterocycles. The summed E-state index contributed by atoms with van der Waals surface area (Å²) in [6.07, 6.45) is 2.89. The highest BCUT2D eigenvalue weighted by molar-refractivity contribution is 6.04. The second-order valence-corrected chi connectivity index (χ2v) is 9.58. The van der Waals surface area contributed by atoms with Gasteiger partial charge >= 0.3 is 0 Å². The SMILES string of the molecule is O=C1NC[C@H](c2ccccc2)[C@@H]1C(=O)N/N=C/c1ccccc1/C=N\NC(=O)[C@@H]1C(=O)NC[C@H]1c1ccccc1. The summed E-state index contributed by atoms with van der Waals surface area (Å²) >= 11 is 0. The van der Waals surface area contributed by atoms with Crippen LogP contribution in [0.3, 0.4) is 0 Å². The third-order valence-electron chi connectivity index (χ3n) is 7.14. The normalized spacial score (nSPS) is 22.3. The van der Waals surface area contributed by atoms with Gasteiger partial charge in [0.15, 0.2) is 0 Å². The van der Waals surface area contributed by atoms with E-state index < -0.39 is 23.7 Å². The van der Waals surface area contributed by atoms with Crippen molar-refractivity contribution in [3.05, 3.63) is 107 Å². The van der Waals surface area contributed by atoms with E-state index in [9.17, 15) is 19.2 Å². The first kappa shape index (κ1) is 26.5. The van der Waals surface area contributed by atoms with Crippen LogP contribution in [0, 0.1) is 11.8 Å². The molecule has 10 heteroatoms. The molecule has 0 unspecified atom stereocenters. The number of nitrogens with one attached hydrogen (secondary N) is 4. The highest BCUT2D eigenvalue weighted by Crippen LogP contribution is 2.30. The quantitative estimate of drug-likeness (QED) is 0.197. The summed E-state index contributed by atoms with van der Waals surface area (Å²) in [7, 11) is 0. The zero-order valence-electron chi connectivity index (χ0n) is 21.5. The number of hydrogen-bond donors (Lipinski definition) is 4. The molecule has 4 amide bonds. The minimum atomic E-state index is -0.890. The highest BCUT2D eigenvalue weighted by atomic mass is 16.2. The van der Waals surface area contributed by atoms with Crippen LogP contribution in [-0.2, 0) is 19.2 Å². The van der Waals surface area contributed by atoms with Crippen molar-refractivity contribution < 1.29 is 19.2 Å². The Morgan fingerprint density at radius 2 is 1.00 bits per heavy atom. The summed E-state index contributed by atoms with van der Waals surface area (Å²) in [6, 6.07) is 25.9. The summed E-state index contributed by atoms with van der Waals surface area (Å²) in [6.45, 7) is 0.758. The molecule has 3 aromatic rings. The Bertz CT molecular complexity index is 1350. The average molecular weight is 537 g/mol. The fourth-order valence-corrected chi connectivity index (χ4v) is 5.08. The van der Waals surface area contributed by atoms with Crippen LogP contribution in [-0.4, -0.2) is 49.1 Å². The van der Waals surface area contributed by atoms with Crippen molar-refractivity contribution in [3.63, 3.8) is 0 Å². The minimum absolute atomic E-state index is 0.282. The molecule has 202 valence electrons. The third kappa shape index (κ3) is 5.80. The molecular weight excluding hydrogens is 508 g/mol. The lowest BCUT2D eigenvalue weighted by atomic mass is 9.88. The highest BCUT2D eigenvalue weighted by Gasteiger charge is 2.42. The summed E-state index contributed by atoms with van der Waals surface area (Å²) in [4.78, 5) is 50.5. The molecular formula is C30H28N6O4. The molecule has 0 saturated carbocycles. The Morgan fingerprint density at radius 1 is 0.625 bits per heavy atom. The largest absolute Gasteiger partial charge is 0.355 e. The van der Waals surface area contributed by atoms with Crippen molar-refractivity contribution in [3.8, 4) is 0 Å². The molecule has 4 atom stereocenters. The third-order valence-corrected chi connectivity index (χ3v) is 7.14. The number of hydrogen-bond acceptors (Lipinski definition) is 6. The molecule has 2 fully saturated rings. The molecule has 40 heavy (non-hydrogen) atoms. The van der Waals surface area contributed by atoms with Crippen molar-refractivity contribution in [2.24, 2.45) is 22.0 Å². The van der Waals surface area contributed by atoms with Gasteiger partial charge in [0.05, 0.1) is 12.4 Å². The van der Waals surface area contributed by atoms with Crippen LogP contribution < -0.4 is 21.5 Å². The van der Waals surface area contributed by atoms with E-state index in [2.05, 4.69) is 31.7 Å². The van der Waals surface area contributed by atoms with E-state index in [1.165, 1.54) is 12.4 Å². The second kappa shape index (κ2) is 12.2. The second-order valence-electron chi connectivity index (χ2n) is 9.58. The van der Waals surface area contributed by atoms with Gasteiger partial charge in [-0.1, -0.05) is 84.9 Å². The standard InChI is InChI=1S/C30H28N6O4/c37-27-25(23(17-31-27)19-9-3-1-4-10-19)29(39)35-33-15-21-13-7-8-14-22(21)16-34-36-30(40)26-24(18-32-28(26)38)20-11-5-2-6-12-20/h1-16,23-26H,17-18H2,(H,31,37)(H,32,38)(H,35,39)(H,36,40)/b33-15-,34-16+/t23-,24+,25-,26-/m0/s1. The molecule has 2 aliphatic heterocycles. The van der Waals surface area contributed by atoms with Crippen LogP contribution in [0.1, 0.15) is 34.1 Å². The van der Waals surface area contributed by atoms with E-state index in [0.717, 1.165) is 11.1 Å². The molecule has 0 bridgehead atoms. The maximum absolute atomic E-state index is 12.9. The van der Waals surface area contributed by atoms with Crippen molar-refractivity contribution >= 4 is 36.1 Å². The predicted molar refractivity (Wildman–Crippen MR) is 149 cm³/mol. The molecule has 3 aromatic carbocycles. The molecule has 4 N–H and O–H groups in total. The van der Waals surface area contributed by atoms with Gasteiger partial charge in [0, 0.05) is 36.1 Å². The lowest BCUT2D eigenvalue weighted by molar-refractivity contribution is -0.135. The number of carbonyl (C=O) groups excluding carboxylic acids is 4. The van der Waals surface area contributed by atoms with Gasteiger partial charge in [-0.05, 0) is 11.1 Å². The number of hydrazone groups is 2. The first-order chi connectivity index (χ1) is 19.5. The summed E-state index contributed by atoms with van der Waals surface area (Å²) in [5, 5.41) is 13.6. The van der Waals surface area contributed by atoms with Crippen LogP contribution in [0.2, 0.25) is 0 Å². The topological polar surface area (TPSA) is 141 Å². The van der Waals surface area contributed by atoms with Gasteiger partial charge in [-0.2, -0.15) is 10.2 Å². The number of benzene rings is 3. The molecule has 5 rings (SSSR count). The van der Waals surface area contributed by atoms with E-state index in [4.69, 9.17) is 0 Å². The van der Waals surface area contributed by atoms with Gasteiger partial charge in [-0.15, -0.1) is 0 Å². The first-order valence-electron chi connectivity index (χ1n) is 12.9. The monoisotopic (exact) mass is 536 g/mol. The van der Waals surface area contributed by atoms with Gasteiger partial charge in [-0.3, -0.25) is 19.2 Å². The smallest absolute Gasteiger partial charge is 0.253 e. The van der Waals surface area contributed by atoms with E-state index >= 15 is 0 Å². The molecule has 0 aliphatic carbocycles. The van der Waals surface area contributed by atoms with Gasteiger partial charge in [0.1, 0.15) is 11.8 Å². The number of nitrogens with zero attached hydrogens (tertiary/aromatic N) is 2. The summed E-state index contributed by atoms with van der Waals surface area (Å²) < 4.78 is 0. The van der Waals surface area contributed by atoms with E-state index in [1.54, 1.807) is 24.3 Å². The Kier molecular flexibility index (Phi) is 8.05. The van der Waals surface area contributed by atoms with Crippen molar-refractivity contribution in [2.75, 3.05) is 13.1 Å². The maximum atomic E-state index is 12.9. The van der Waals surface area contributed by atoms with E-state index in [-0.39, 0.29) is 23.7 Å². The van der Waals surface area contributed by atoms with Crippen LogP contribution in [0.25, 0.3) is 0 Å². The van der Waals surface area contributed by atoms with Gasteiger partial charge < -0.3 is 10.6 Å². The zero-order chi connectivity index (χ0) is 27.9. The van der Waals surface area contributed by atoms with Gasteiger partial charge in [-0.25, -0.2) is 10.9 Å². The zero-order valence-corrected chi connectivity index (χ0v) is 21.5. The molecule has 2 heterocycles. The Hall–Kier alpha value is -5.12. The van der Waals surface area contributed by atoms with E-state index in [1.807, 2.05) is 60.7 Å². The van der Waals surface area contributed by atoms with Crippen molar-refractivity contribution in [1.82, 2.24) is 21.5 Å². The van der Waals surface area contributed by atoms with Crippen LogP contribution in [0.4, 0.5) is 0 Å². The summed E-state index contributed by atoms with van der Waals surface area (Å²) in [5.41, 5.74) is 8.00. The van der Waals surface area contributed by atoms with Crippen LogP contribution in [0.15, 0.2) is 95.1 Å². The molecule has 0 spiro atoms. The first-order valence-corrected chi connectivity index (χ1v) is 12.9.